The summed E-state index contributed by atoms with van der Waals surface area (Å²) in [5, 5.41) is 18.4. The molecule has 98 valence electrons. The van der Waals surface area contributed by atoms with Crippen molar-refractivity contribution in [2.75, 3.05) is 13.1 Å². The first kappa shape index (κ1) is 14.5. The molecule has 0 amide bonds. The fraction of sp³-hybridized carbons (Fsp3) is 0.750. The van der Waals surface area contributed by atoms with Crippen molar-refractivity contribution in [2.45, 2.75) is 39.2 Å². The summed E-state index contributed by atoms with van der Waals surface area (Å²) in [5.74, 6) is 0. The SMILES string of the molecule is CCCNCC(C)(O)Cc1c(C)nn(C)c1Cl. The zero-order valence-electron chi connectivity index (χ0n) is 11.0. The van der Waals surface area contributed by atoms with Crippen molar-refractivity contribution in [1.29, 1.82) is 0 Å². The van der Waals surface area contributed by atoms with E-state index in [1.807, 2.05) is 20.9 Å². The van der Waals surface area contributed by atoms with E-state index >= 15 is 0 Å². The maximum Gasteiger partial charge on any atom is 0.130 e. The predicted octanol–water partition coefficient (Wildman–Crippen LogP) is 1.68. The molecule has 0 aliphatic heterocycles. The molecule has 2 N–H and O–H groups in total. The van der Waals surface area contributed by atoms with Crippen molar-refractivity contribution in [3.05, 3.63) is 16.4 Å². The molecule has 17 heavy (non-hydrogen) atoms. The van der Waals surface area contributed by atoms with Crippen molar-refractivity contribution in [1.82, 2.24) is 15.1 Å². The zero-order valence-corrected chi connectivity index (χ0v) is 11.8. The van der Waals surface area contributed by atoms with Gasteiger partial charge < -0.3 is 10.4 Å². The summed E-state index contributed by atoms with van der Waals surface area (Å²) in [4.78, 5) is 0. The molecule has 0 aliphatic carbocycles. The van der Waals surface area contributed by atoms with Crippen LogP contribution in [0.15, 0.2) is 0 Å². The van der Waals surface area contributed by atoms with E-state index in [1.54, 1.807) is 4.68 Å². The fourth-order valence-corrected chi connectivity index (χ4v) is 2.09. The molecular weight excluding hydrogens is 238 g/mol. The van der Waals surface area contributed by atoms with Gasteiger partial charge in [0.2, 0.25) is 0 Å². The minimum absolute atomic E-state index is 0.516. The smallest absolute Gasteiger partial charge is 0.130 e. The Morgan fingerprint density at radius 2 is 2.18 bits per heavy atom. The molecule has 1 atom stereocenters. The summed E-state index contributed by atoms with van der Waals surface area (Å²) in [5.41, 5.74) is 1.01. The second-order valence-electron chi connectivity index (χ2n) is 4.83. The van der Waals surface area contributed by atoms with Gasteiger partial charge in [0.25, 0.3) is 0 Å². The molecule has 0 aromatic carbocycles. The molecule has 1 rings (SSSR count). The van der Waals surface area contributed by atoms with Gasteiger partial charge in [0, 0.05) is 25.6 Å². The summed E-state index contributed by atoms with van der Waals surface area (Å²) < 4.78 is 1.64. The molecule has 1 unspecified atom stereocenters. The normalized spacial score (nSPS) is 14.9. The number of rotatable bonds is 6. The number of nitrogens with zero attached hydrogens (tertiary/aromatic N) is 2. The second-order valence-corrected chi connectivity index (χ2v) is 5.19. The molecule has 0 radical (unpaired) electrons. The first-order valence-corrected chi connectivity index (χ1v) is 6.36. The van der Waals surface area contributed by atoms with Crippen LogP contribution in [0.2, 0.25) is 5.15 Å². The van der Waals surface area contributed by atoms with E-state index in [0.717, 1.165) is 24.2 Å². The summed E-state index contributed by atoms with van der Waals surface area (Å²) >= 11 is 6.15. The highest BCUT2D eigenvalue weighted by atomic mass is 35.5. The number of hydrogen-bond acceptors (Lipinski definition) is 3. The Morgan fingerprint density at radius 3 is 2.65 bits per heavy atom. The Hall–Kier alpha value is -0.580. The standard InChI is InChI=1S/C12H22ClN3O/c1-5-6-14-8-12(3,17)7-10-9(2)15-16(4)11(10)13/h14,17H,5-8H2,1-4H3. The quantitative estimate of drug-likeness (QED) is 0.765. The Bertz CT molecular complexity index is 374. The highest BCUT2D eigenvalue weighted by Crippen LogP contribution is 2.23. The van der Waals surface area contributed by atoms with Gasteiger partial charge in [-0.2, -0.15) is 5.10 Å². The van der Waals surface area contributed by atoms with Gasteiger partial charge in [0.1, 0.15) is 5.15 Å². The van der Waals surface area contributed by atoms with Gasteiger partial charge in [-0.1, -0.05) is 18.5 Å². The third kappa shape index (κ3) is 3.98. The highest BCUT2D eigenvalue weighted by Gasteiger charge is 2.24. The molecule has 1 heterocycles. The highest BCUT2D eigenvalue weighted by molar-refractivity contribution is 6.30. The van der Waals surface area contributed by atoms with Crippen molar-refractivity contribution < 1.29 is 5.11 Å². The Kier molecular flexibility index (Phi) is 4.98. The molecule has 0 bridgehead atoms. The molecule has 1 aromatic heterocycles. The molecule has 0 spiro atoms. The van der Waals surface area contributed by atoms with Crippen molar-refractivity contribution in [3.63, 3.8) is 0 Å². The Morgan fingerprint density at radius 1 is 1.53 bits per heavy atom. The molecule has 0 saturated carbocycles. The van der Waals surface area contributed by atoms with Crippen LogP contribution in [-0.4, -0.2) is 33.6 Å². The fourth-order valence-electron chi connectivity index (χ4n) is 1.85. The molecule has 4 nitrogen and oxygen atoms in total. The van der Waals surface area contributed by atoms with Crippen LogP contribution < -0.4 is 5.32 Å². The van der Waals surface area contributed by atoms with Crippen LogP contribution >= 0.6 is 11.6 Å². The van der Waals surface area contributed by atoms with Crippen LogP contribution in [0.4, 0.5) is 0 Å². The monoisotopic (exact) mass is 259 g/mol. The minimum Gasteiger partial charge on any atom is -0.389 e. The van der Waals surface area contributed by atoms with Crippen LogP contribution in [0.3, 0.4) is 0 Å². The molecule has 5 heteroatoms. The lowest BCUT2D eigenvalue weighted by atomic mass is 9.97. The molecular formula is C12H22ClN3O. The van der Waals surface area contributed by atoms with Crippen molar-refractivity contribution in [2.24, 2.45) is 7.05 Å². The van der Waals surface area contributed by atoms with Crippen LogP contribution in [0.25, 0.3) is 0 Å². The topological polar surface area (TPSA) is 50.1 Å². The van der Waals surface area contributed by atoms with Gasteiger partial charge in [-0.05, 0) is 26.8 Å². The largest absolute Gasteiger partial charge is 0.389 e. The lowest BCUT2D eigenvalue weighted by Gasteiger charge is -2.23. The van der Waals surface area contributed by atoms with E-state index in [-0.39, 0.29) is 0 Å². The van der Waals surface area contributed by atoms with Gasteiger partial charge in [-0.15, -0.1) is 0 Å². The average molecular weight is 260 g/mol. The van der Waals surface area contributed by atoms with Crippen LogP contribution in [-0.2, 0) is 13.5 Å². The van der Waals surface area contributed by atoms with Crippen LogP contribution in [0.1, 0.15) is 31.5 Å². The third-order valence-corrected chi connectivity index (χ3v) is 3.23. The molecule has 0 aliphatic rings. The van der Waals surface area contributed by atoms with Gasteiger partial charge in [0.05, 0.1) is 11.3 Å². The van der Waals surface area contributed by atoms with E-state index in [1.165, 1.54) is 0 Å². The maximum atomic E-state index is 10.3. The number of hydrogen-bond donors (Lipinski definition) is 2. The van der Waals surface area contributed by atoms with E-state index in [2.05, 4.69) is 17.3 Å². The van der Waals surface area contributed by atoms with E-state index in [4.69, 9.17) is 11.6 Å². The zero-order chi connectivity index (χ0) is 13.1. The summed E-state index contributed by atoms with van der Waals surface area (Å²) in [6.45, 7) is 7.31. The molecule has 0 fully saturated rings. The number of aliphatic hydroxyl groups is 1. The van der Waals surface area contributed by atoms with E-state index < -0.39 is 5.60 Å². The number of aromatic nitrogens is 2. The van der Waals surface area contributed by atoms with Crippen molar-refractivity contribution >= 4 is 11.6 Å². The van der Waals surface area contributed by atoms with E-state index in [0.29, 0.717) is 18.1 Å². The van der Waals surface area contributed by atoms with E-state index in [9.17, 15) is 5.11 Å². The van der Waals surface area contributed by atoms with Gasteiger partial charge in [-0.3, -0.25) is 4.68 Å². The predicted molar refractivity (Wildman–Crippen MR) is 70.4 cm³/mol. The first-order chi connectivity index (χ1) is 7.87. The average Bonchev–Trinajstić information content (AvgIpc) is 2.45. The third-order valence-electron chi connectivity index (χ3n) is 2.76. The lowest BCUT2D eigenvalue weighted by Crippen LogP contribution is -2.40. The molecule has 0 saturated heterocycles. The Balaban J connectivity index is 2.68. The van der Waals surface area contributed by atoms with Crippen molar-refractivity contribution in [3.8, 4) is 0 Å². The second kappa shape index (κ2) is 5.85. The van der Waals surface area contributed by atoms with Gasteiger partial charge in [0.15, 0.2) is 0 Å². The lowest BCUT2D eigenvalue weighted by molar-refractivity contribution is 0.0602. The van der Waals surface area contributed by atoms with Crippen LogP contribution in [0, 0.1) is 6.92 Å². The summed E-state index contributed by atoms with van der Waals surface area (Å²) in [6.07, 6.45) is 1.57. The number of halogens is 1. The number of aryl methyl sites for hydroxylation is 2. The first-order valence-electron chi connectivity index (χ1n) is 5.98. The van der Waals surface area contributed by atoms with Gasteiger partial charge in [-0.25, -0.2) is 0 Å². The summed E-state index contributed by atoms with van der Waals surface area (Å²) in [7, 11) is 1.81. The Labute approximate surface area is 108 Å². The minimum atomic E-state index is -0.799. The summed E-state index contributed by atoms with van der Waals surface area (Å²) in [6, 6.07) is 0. The number of nitrogens with one attached hydrogen (secondary N) is 1. The van der Waals surface area contributed by atoms with Crippen LogP contribution in [0.5, 0.6) is 0 Å². The molecule has 1 aromatic rings. The van der Waals surface area contributed by atoms with Gasteiger partial charge >= 0.3 is 0 Å². The maximum absolute atomic E-state index is 10.3.